The number of carbonyl (C=O) groups excluding carboxylic acids is 1. The fraction of sp³-hybridized carbons (Fsp3) is 0.0714. The third kappa shape index (κ3) is 3.88. The minimum absolute atomic E-state index is 0.00264. The molecule has 0 saturated heterocycles. The van der Waals surface area contributed by atoms with E-state index in [1.807, 2.05) is 0 Å². The molecule has 0 bridgehead atoms. The van der Waals surface area contributed by atoms with E-state index in [4.69, 9.17) is 34.8 Å². The predicted molar refractivity (Wildman–Crippen MR) is 86.9 cm³/mol. The molecule has 0 spiro atoms. The number of anilines is 1. The van der Waals surface area contributed by atoms with Crippen LogP contribution in [0.15, 0.2) is 36.4 Å². The minimum Gasteiger partial charge on any atom is -0.326 e. The Morgan fingerprint density at radius 3 is 2.32 bits per heavy atom. The Morgan fingerprint density at radius 1 is 1.09 bits per heavy atom. The molecule has 0 aliphatic carbocycles. The summed E-state index contributed by atoms with van der Waals surface area (Å²) >= 11 is 17.7. The van der Waals surface area contributed by atoms with E-state index in [2.05, 4.69) is 5.32 Å². The molecule has 1 amide bonds. The van der Waals surface area contributed by atoms with Gasteiger partial charge in [0.05, 0.1) is 11.3 Å². The predicted octanol–water partition coefficient (Wildman–Crippen LogP) is 4.74. The number of carbonyl (C=O) groups is 1. The zero-order chi connectivity index (χ0) is 16.3. The van der Waals surface area contributed by atoms with Crippen molar-refractivity contribution < 1.29 is 9.72 Å². The van der Waals surface area contributed by atoms with Crippen LogP contribution in [0.4, 0.5) is 11.4 Å². The lowest BCUT2D eigenvalue weighted by atomic mass is 10.1. The number of nitro benzene ring substituents is 1. The molecule has 114 valence electrons. The molecule has 0 fully saturated rings. The summed E-state index contributed by atoms with van der Waals surface area (Å²) in [6.45, 7) is 0. The highest BCUT2D eigenvalue weighted by Gasteiger charge is 2.15. The van der Waals surface area contributed by atoms with Crippen molar-refractivity contribution in [2.24, 2.45) is 0 Å². The lowest BCUT2D eigenvalue weighted by Gasteiger charge is -2.08. The van der Waals surface area contributed by atoms with Crippen LogP contribution in [0.25, 0.3) is 0 Å². The second-order valence-electron chi connectivity index (χ2n) is 4.35. The van der Waals surface area contributed by atoms with Crippen LogP contribution >= 0.6 is 34.8 Å². The van der Waals surface area contributed by atoms with Gasteiger partial charge < -0.3 is 5.32 Å². The number of nitrogens with one attached hydrogen (secondary N) is 1. The fourth-order valence-corrected chi connectivity index (χ4v) is 2.51. The van der Waals surface area contributed by atoms with Gasteiger partial charge in [0.1, 0.15) is 5.02 Å². The lowest BCUT2D eigenvalue weighted by Crippen LogP contribution is -2.15. The van der Waals surface area contributed by atoms with Crippen molar-refractivity contribution in [3.05, 3.63) is 67.1 Å². The first-order valence-corrected chi connectivity index (χ1v) is 7.18. The van der Waals surface area contributed by atoms with Gasteiger partial charge in [-0.3, -0.25) is 14.9 Å². The smallest absolute Gasteiger partial charge is 0.289 e. The maximum atomic E-state index is 12.0. The molecule has 1 N–H and O–H groups in total. The second kappa shape index (κ2) is 6.96. The fourth-order valence-electron chi connectivity index (χ4n) is 1.80. The largest absolute Gasteiger partial charge is 0.326 e. The molecule has 0 aliphatic rings. The molecule has 2 aromatic carbocycles. The molecule has 0 saturated carbocycles. The minimum atomic E-state index is -0.622. The molecule has 0 atom stereocenters. The van der Waals surface area contributed by atoms with Crippen molar-refractivity contribution >= 4 is 52.1 Å². The molecule has 8 heteroatoms. The number of nitrogens with zero attached hydrogens (tertiary/aromatic N) is 1. The Kier molecular flexibility index (Phi) is 5.24. The van der Waals surface area contributed by atoms with E-state index >= 15 is 0 Å². The Balaban J connectivity index is 2.16. The molecule has 22 heavy (non-hydrogen) atoms. The van der Waals surface area contributed by atoms with Crippen molar-refractivity contribution in [1.82, 2.24) is 0 Å². The Hall–Kier alpha value is -1.82. The number of hydrogen-bond acceptors (Lipinski definition) is 3. The van der Waals surface area contributed by atoms with Gasteiger partial charge in [0, 0.05) is 21.8 Å². The van der Waals surface area contributed by atoms with E-state index in [-0.39, 0.29) is 22.8 Å². The van der Waals surface area contributed by atoms with Crippen molar-refractivity contribution in [2.75, 3.05) is 5.32 Å². The zero-order valence-electron chi connectivity index (χ0n) is 11.0. The average molecular weight is 360 g/mol. The number of rotatable bonds is 4. The molecular formula is C14H9Cl3N2O3. The first-order chi connectivity index (χ1) is 10.4. The summed E-state index contributed by atoms with van der Waals surface area (Å²) in [6.07, 6.45) is -0.0467. The molecular weight excluding hydrogens is 351 g/mol. The number of amides is 1. The van der Waals surface area contributed by atoms with Gasteiger partial charge >= 0.3 is 0 Å². The molecule has 0 radical (unpaired) electrons. The van der Waals surface area contributed by atoms with Gasteiger partial charge in [-0.1, -0.05) is 40.9 Å². The van der Waals surface area contributed by atoms with Crippen molar-refractivity contribution in [3.8, 4) is 0 Å². The maximum absolute atomic E-state index is 12.0. The van der Waals surface area contributed by atoms with Crippen LogP contribution < -0.4 is 5.32 Å². The molecule has 2 rings (SSSR count). The maximum Gasteiger partial charge on any atom is 0.289 e. The third-order valence-corrected chi connectivity index (χ3v) is 3.85. The van der Waals surface area contributed by atoms with Gasteiger partial charge in [-0.15, -0.1) is 0 Å². The zero-order valence-corrected chi connectivity index (χ0v) is 13.2. The van der Waals surface area contributed by atoms with E-state index in [0.29, 0.717) is 15.6 Å². The highest BCUT2D eigenvalue weighted by Crippen LogP contribution is 2.28. The Morgan fingerprint density at radius 2 is 1.73 bits per heavy atom. The summed E-state index contributed by atoms with van der Waals surface area (Å²) in [5.41, 5.74) is 0.478. The van der Waals surface area contributed by atoms with E-state index in [9.17, 15) is 14.9 Å². The van der Waals surface area contributed by atoms with Gasteiger partial charge in [-0.2, -0.15) is 0 Å². The van der Waals surface area contributed by atoms with E-state index in [1.165, 1.54) is 18.2 Å². The van der Waals surface area contributed by atoms with Gasteiger partial charge in [0.15, 0.2) is 0 Å². The van der Waals surface area contributed by atoms with E-state index in [1.54, 1.807) is 18.2 Å². The monoisotopic (exact) mass is 358 g/mol. The van der Waals surface area contributed by atoms with E-state index < -0.39 is 10.8 Å². The summed E-state index contributed by atoms with van der Waals surface area (Å²) in [6, 6.07) is 8.94. The second-order valence-corrected chi connectivity index (χ2v) is 5.57. The van der Waals surface area contributed by atoms with Crippen molar-refractivity contribution in [1.29, 1.82) is 0 Å². The summed E-state index contributed by atoms with van der Waals surface area (Å²) in [5, 5.41) is 14.1. The first-order valence-electron chi connectivity index (χ1n) is 6.05. The normalized spacial score (nSPS) is 10.3. The highest BCUT2D eigenvalue weighted by molar-refractivity contribution is 6.36. The quantitative estimate of drug-likeness (QED) is 0.633. The van der Waals surface area contributed by atoms with Crippen molar-refractivity contribution in [2.45, 2.75) is 6.42 Å². The van der Waals surface area contributed by atoms with Gasteiger partial charge in [-0.25, -0.2) is 0 Å². The summed E-state index contributed by atoms with van der Waals surface area (Å²) in [7, 11) is 0. The summed E-state index contributed by atoms with van der Waals surface area (Å²) in [4.78, 5) is 22.2. The molecule has 0 heterocycles. The SMILES string of the molecule is O=C(Cc1c(Cl)cccc1Cl)Nc1ccc(Cl)c([N+](=O)[O-])c1. The van der Waals surface area contributed by atoms with Crippen LogP contribution in [-0.2, 0) is 11.2 Å². The number of benzene rings is 2. The van der Waals surface area contributed by atoms with Crippen LogP contribution in [0.2, 0.25) is 15.1 Å². The molecule has 0 unspecified atom stereocenters. The topological polar surface area (TPSA) is 72.2 Å². The van der Waals surface area contributed by atoms with Crippen LogP contribution in [0.3, 0.4) is 0 Å². The van der Waals surface area contributed by atoms with Crippen LogP contribution in [0.1, 0.15) is 5.56 Å². The number of halogens is 3. The van der Waals surface area contributed by atoms with Crippen molar-refractivity contribution in [3.63, 3.8) is 0 Å². The highest BCUT2D eigenvalue weighted by atomic mass is 35.5. The van der Waals surface area contributed by atoms with E-state index in [0.717, 1.165) is 0 Å². The Bertz CT molecular complexity index is 730. The lowest BCUT2D eigenvalue weighted by molar-refractivity contribution is -0.384. The van der Waals surface area contributed by atoms with Gasteiger partial charge in [-0.05, 0) is 29.8 Å². The Labute approximate surface area is 140 Å². The summed E-state index contributed by atoms with van der Waals surface area (Å²) < 4.78 is 0. The van der Waals surface area contributed by atoms with Gasteiger partial charge in [0.25, 0.3) is 5.69 Å². The molecule has 0 aromatic heterocycles. The third-order valence-electron chi connectivity index (χ3n) is 2.83. The first kappa shape index (κ1) is 16.5. The average Bonchev–Trinajstić information content (AvgIpc) is 2.45. The summed E-state index contributed by atoms with van der Waals surface area (Å²) in [5.74, 6) is -0.397. The molecule has 5 nitrogen and oxygen atoms in total. The van der Waals surface area contributed by atoms with Crippen LogP contribution in [-0.4, -0.2) is 10.8 Å². The van der Waals surface area contributed by atoms with Crippen LogP contribution in [0.5, 0.6) is 0 Å². The van der Waals surface area contributed by atoms with Gasteiger partial charge in [0.2, 0.25) is 5.91 Å². The van der Waals surface area contributed by atoms with Crippen LogP contribution in [0, 0.1) is 10.1 Å². The molecule has 2 aromatic rings. The number of nitro groups is 1. The molecule has 0 aliphatic heterocycles. The standard InChI is InChI=1S/C14H9Cl3N2O3/c15-10-2-1-3-11(16)9(10)7-14(20)18-8-4-5-12(17)13(6-8)19(21)22/h1-6H,7H2,(H,18,20). The number of hydrogen-bond donors (Lipinski definition) is 1.